The van der Waals surface area contributed by atoms with Gasteiger partial charge in [-0.15, -0.1) is 11.3 Å². The molecule has 0 aliphatic rings. The number of anilines is 1. The fourth-order valence-corrected chi connectivity index (χ4v) is 3.86. The molecule has 0 saturated carbocycles. The number of hydrogen-bond donors (Lipinski definition) is 1. The summed E-state index contributed by atoms with van der Waals surface area (Å²) >= 11 is 1.12. The maximum Gasteiger partial charge on any atom is 0.344 e. The molecule has 0 radical (unpaired) electrons. The van der Waals surface area contributed by atoms with Gasteiger partial charge in [0.1, 0.15) is 11.3 Å². The second-order valence-electron chi connectivity index (χ2n) is 7.25. The number of non-ortho nitro benzene ring substituents is 1. The molecule has 0 spiro atoms. The number of aryl methyl sites for hydroxylation is 1. The van der Waals surface area contributed by atoms with Crippen molar-refractivity contribution in [2.75, 3.05) is 18.5 Å². The Morgan fingerprint density at radius 1 is 1.17 bits per heavy atom. The summed E-state index contributed by atoms with van der Waals surface area (Å²) in [5.74, 6) is -1.09. The van der Waals surface area contributed by atoms with E-state index in [9.17, 15) is 24.5 Å². The molecule has 2 aromatic heterocycles. The molecule has 1 amide bonds. The van der Waals surface area contributed by atoms with E-state index in [1.165, 1.54) is 24.3 Å². The van der Waals surface area contributed by atoms with E-state index in [1.807, 2.05) is 0 Å². The van der Waals surface area contributed by atoms with Gasteiger partial charge in [0, 0.05) is 40.6 Å². The zero-order valence-corrected chi connectivity index (χ0v) is 19.0. The Labute approximate surface area is 201 Å². The van der Waals surface area contributed by atoms with Crippen molar-refractivity contribution >= 4 is 45.0 Å². The van der Waals surface area contributed by atoms with Crippen LogP contribution in [0.5, 0.6) is 5.75 Å². The van der Waals surface area contributed by atoms with Crippen LogP contribution in [0.3, 0.4) is 0 Å². The van der Waals surface area contributed by atoms with Gasteiger partial charge in [-0.05, 0) is 24.6 Å². The molecular weight excluding hydrogens is 478 g/mol. The van der Waals surface area contributed by atoms with Crippen LogP contribution in [-0.4, -0.2) is 35.0 Å². The molecule has 0 fully saturated rings. The van der Waals surface area contributed by atoms with Gasteiger partial charge in [0.2, 0.25) is 0 Å². The van der Waals surface area contributed by atoms with Gasteiger partial charge in [-0.25, -0.2) is 14.6 Å². The van der Waals surface area contributed by atoms with Crippen molar-refractivity contribution in [1.29, 1.82) is 0 Å². The van der Waals surface area contributed by atoms with Crippen LogP contribution in [0.15, 0.2) is 63.1 Å². The number of esters is 1. The first kappa shape index (κ1) is 23.6. The van der Waals surface area contributed by atoms with Gasteiger partial charge >= 0.3 is 11.6 Å². The molecule has 35 heavy (non-hydrogen) atoms. The molecule has 2 aromatic carbocycles. The van der Waals surface area contributed by atoms with Crippen LogP contribution in [0.1, 0.15) is 5.56 Å². The SMILES string of the molecule is Cc1cc(=O)oc2cc(OCC(=O)OCC(=O)Nc3nc(-c4cccc([N+](=O)[O-])c4)cs3)ccc12. The zero-order chi connectivity index (χ0) is 24.9. The van der Waals surface area contributed by atoms with Gasteiger partial charge in [-0.2, -0.15) is 0 Å². The average molecular weight is 495 g/mol. The zero-order valence-electron chi connectivity index (χ0n) is 18.2. The number of nitro benzene ring substituents is 1. The molecule has 178 valence electrons. The summed E-state index contributed by atoms with van der Waals surface area (Å²) in [7, 11) is 0. The van der Waals surface area contributed by atoms with E-state index >= 15 is 0 Å². The van der Waals surface area contributed by atoms with Crippen LogP contribution in [-0.2, 0) is 14.3 Å². The molecule has 4 rings (SSSR count). The van der Waals surface area contributed by atoms with Crippen molar-refractivity contribution in [3.05, 3.63) is 80.0 Å². The summed E-state index contributed by atoms with van der Waals surface area (Å²) in [6.45, 7) is 0.769. The lowest BCUT2D eigenvalue weighted by atomic mass is 10.1. The normalized spacial score (nSPS) is 10.7. The number of carbonyl (C=O) groups excluding carboxylic acids is 2. The highest BCUT2D eigenvalue weighted by molar-refractivity contribution is 7.14. The van der Waals surface area contributed by atoms with Gasteiger partial charge in [0.05, 0.1) is 10.6 Å². The standard InChI is InChI=1S/C23H17N3O8S/c1-13-7-21(28)34-19-9-16(5-6-17(13)19)32-11-22(29)33-10-20(27)25-23-24-18(12-35-23)14-3-2-4-15(8-14)26(30)31/h2-9,12H,10-11H2,1H3,(H,24,25,27). The Morgan fingerprint density at radius 2 is 2.00 bits per heavy atom. The number of carbonyl (C=O) groups is 2. The number of ether oxygens (including phenoxy) is 2. The summed E-state index contributed by atoms with van der Waals surface area (Å²) in [5.41, 5.74) is 1.51. The van der Waals surface area contributed by atoms with Crippen LogP contribution in [0.25, 0.3) is 22.2 Å². The first-order valence-corrected chi connectivity index (χ1v) is 11.0. The molecule has 0 unspecified atom stereocenters. The van der Waals surface area contributed by atoms with E-state index in [2.05, 4.69) is 10.3 Å². The minimum absolute atomic E-state index is 0.0708. The Hall–Kier alpha value is -4.58. The highest BCUT2D eigenvalue weighted by Crippen LogP contribution is 2.27. The quantitative estimate of drug-likeness (QED) is 0.167. The second kappa shape index (κ2) is 10.1. The number of nitrogens with zero attached hydrogens (tertiary/aromatic N) is 2. The number of nitro groups is 1. The number of nitrogens with one attached hydrogen (secondary N) is 1. The largest absolute Gasteiger partial charge is 0.482 e. The summed E-state index contributed by atoms with van der Waals surface area (Å²) < 4.78 is 15.4. The monoisotopic (exact) mass is 495 g/mol. The van der Waals surface area contributed by atoms with E-state index in [0.29, 0.717) is 22.6 Å². The van der Waals surface area contributed by atoms with Crippen molar-refractivity contribution < 1.29 is 28.4 Å². The van der Waals surface area contributed by atoms with Crippen LogP contribution in [0.2, 0.25) is 0 Å². The summed E-state index contributed by atoms with van der Waals surface area (Å²) in [6, 6.07) is 12.2. The van der Waals surface area contributed by atoms with Crippen LogP contribution in [0, 0.1) is 17.0 Å². The van der Waals surface area contributed by atoms with Gasteiger partial charge in [-0.1, -0.05) is 12.1 Å². The van der Waals surface area contributed by atoms with E-state index in [-0.39, 0.29) is 10.8 Å². The first-order valence-electron chi connectivity index (χ1n) is 10.1. The first-order chi connectivity index (χ1) is 16.8. The Kier molecular flexibility index (Phi) is 6.83. The highest BCUT2D eigenvalue weighted by Gasteiger charge is 2.13. The number of amides is 1. The molecule has 0 aliphatic heterocycles. The molecular formula is C23H17N3O8S. The molecule has 4 aromatic rings. The summed E-state index contributed by atoms with van der Waals surface area (Å²) in [4.78, 5) is 50.2. The third-order valence-electron chi connectivity index (χ3n) is 4.75. The lowest BCUT2D eigenvalue weighted by molar-refractivity contribution is -0.384. The van der Waals surface area contributed by atoms with Gasteiger partial charge in [-0.3, -0.25) is 20.2 Å². The van der Waals surface area contributed by atoms with Crippen molar-refractivity contribution in [2.45, 2.75) is 6.92 Å². The third-order valence-corrected chi connectivity index (χ3v) is 5.50. The molecule has 12 heteroatoms. The second-order valence-corrected chi connectivity index (χ2v) is 8.11. The molecule has 11 nitrogen and oxygen atoms in total. The molecule has 2 heterocycles. The Bertz CT molecular complexity index is 1490. The van der Waals surface area contributed by atoms with Gasteiger partial charge in [0.15, 0.2) is 18.3 Å². The molecule has 1 N–H and O–H groups in total. The lowest BCUT2D eigenvalue weighted by Gasteiger charge is -2.08. The van der Waals surface area contributed by atoms with E-state index in [4.69, 9.17) is 13.9 Å². The number of rotatable bonds is 8. The number of thiazole rings is 1. The average Bonchev–Trinajstić information content (AvgIpc) is 3.29. The minimum atomic E-state index is -0.776. The number of fused-ring (bicyclic) bond motifs is 1. The molecule has 0 aliphatic carbocycles. The van der Waals surface area contributed by atoms with E-state index < -0.39 is 35.6 Å². The predicted molar refractivity (Wildman–Crippen MR) is 127 cm³/mol. The maximum absolute atomic E-state index is 12.1. The third kappa shape index (κ3) is 5.86. The number of aromatic nitrogens is 1. The smallest absolute Gasteiger partial charge is 0.344 e. The van der Waals surface area contributed by atoms with Gasteiger partial charge < -0.3 is 13.9 Å². The topological polar surface area (TPSA) is 151 Å². The molecule has 0 bridgehead atoms. The van der Waals surface area contributed by atoms with Gasteiger partial charge in [0.25, 0.3) is 11.6 Å². The lowest BCUT2D eigenvalue weighted by Crippen LogP contribution is -2.23. The fraction of sp³-hybridized carbons (Fsp3) is 0.130. The highest BCUT2D eigenvalue weighted by atomic mass is 32.1. The van der Waals surface area contributed by atoms with Crippen LogP contribution < -0.4 is 15.7 Å². The fourth-order valence-electron chi connectivity index (χ4n) is 3.12. The van der Waals surface area contributed by atoms with Crippen molar-refractivity contribution in [1.82, 2.24) is 4.98 Å². The van der Waals surface area contributed by atoms with Crippen LogP contribution in [0.4, 0.5) is 10.8 Å². The van der Waals surface area contributed by atoms with Crippen molar-refractivity contribution in [3.63, 3.8) is 0 Å². The molecule has 0 saturated heterocycles. The molecule has 0 atom stereocenters. The number of benzene rings is 2. The Morgan fingerprint density at radius 3 is 2.80 bits per heavy atom. The predicted octanol–water partition coefficient (Wildman–Crippen LogP) is 3.69. The van der Waals surface area contributed by atoms with Crippen molar-refractivity contribution in [2.24, 2.45) is 0 Å². The summed E-state index contributed by atoms with van der Waals surface area (Å²) in [6.07, 6.45) is 0. The van der Waals surface area contributed by atoms with Crippen LogP contribution >= 0.6 is 11.3 Å². The summed E-state index contributed by atoms with van der Waals surface area (Å²) in [5, 5.41) is 16.1. The number of hydrogen-bond acceptors (Lipinski definition) is 10. The Balaban J connectivity index is 1.27. The van der Waals surface area contributed by atoms with Crippen molar-refractivity contribution in [3.8, 4) is 17.0 Å². The van der Waals surface area contributed by atoms with E-state index in [1.54, 1.807) is 36.6 Å². The minimum Gasteiger partial charge on any atom is -0.482 e. The van der Waals surface area contributed by atoms with E-state index in [0.717, 1.165) is 22.3 Å². The maximum atomic E-state index is 12.1.